The van der Waals surface area contributed by atoms with Crippen molar-refractivity contribution in [3.05, 3.63) is 35.4 Å². The zero-order valence-electron chi connectivity index (χ0n) is 9.79. The highest BCUT2D eigenvalue weighted by Crippen LogP contribution is 2.38. The molecule has 0 atom stereocenters. The zero-order chi connectivity index (χ0) is 13.6. The molecule has 1 heterocycles. The molecule has 0 saturated heterocycles. The van der Waals surface area contributed by atoms with Crippen LogP contribution < -0.4 is 5.73 Å². The van der Waals surface area contributed by atoms with Crippen molar-refractivity contribution in [3.63, 3.8) is 0 Å². The summed E-state index contributed by atoms with van der Waals surface area (Å²) in [6, 6.07) is 1.12. The van der Waals surface area contributed by atoms with E-state index in [0.717, 1.165) is 6.42 Å². The molecule has 100 valence electrons. The highest BCUT2D eigenvalue weighted by molar-refractivity contribution is 5.55. The Bertz CT molecular complexity index is 614. The van der Waals surface area contributed by atoms with Gasteiger partial charge in [0.1, 0.15) is 23.0 Å². The molecule has 0 bridgehead atoms. The van der Waals surface area contributed by atoms with Gasteiger partial charge in [-0.15, -0.1) is 0 Å². The van der Waals surface area contributed by atoms with Crippen molar-refractivity contribution in [3.8, 4) is 11.5 Å². The number of rotatable bonds is 2. The molecule has 1 aliphatic rings. The number of aromatic nitrogens is 2. The fourth-order valence-corrected chi connectivity index (χ4v) is 2.06. The van der Waals surface area contributed by atoms with Gasteiger partial charge in [0, 0.05) is 12.1 Å². The quantitative estimate of drug-likeness (QED) is 0.909. The minimum absolute atomic E-state index is 0.219. The normalized spacial score (nSPS) is 17.3. The molecular weight excluding hydrogens is 259 g/mol. The predicted octanol–water partition coefficient (Wildman–Crippen LogP) is 2.49. The van der Waals surface area contributed by atoms with Gasteiger partial charge >= 0.3 is 0 Å². The summed E-state index contributed by atoms with van der Waals surface area (Å²) in [5, 5.41) is 3.65. The topological polar surface area (TPSA) is 64.9 Å². The summed E-state index contributed by atoms with van der Waals surface area (Å²) in [7, 11) is 0. The van der Waals surface area contributed by atoms with Crippen LogP contribution in [0.5, 0.6) is 0 Å². The molecule has 3 rings (SSSR count). The van der Waals surface area contributed by atoms with Gasteiger partial charge in [0.15, 0.2) is 5.82 Å². The first-order valence-corrected chi connectivity index (χ1v) is 5.77. The van der Waals surface area contributed by atoms with Crippen molar-refractivity contribution in [1.29, 1.82) is 0 Å². The summed E-state index contributed by atoms with van der Waals surface area (Å²) in [4.78, 5) is 3.92. The first kappa shape index (κ1) is 12.2. The predicted molar refractivity (Wildman–Crippen MR) is 59.3 cm³/mol. The van der Waals surface area contributed by atoms with Crippen LogP contribution in [0.15, 0.2) is 16.7 Å². The molecule has 0 unspecified atom stereocenters. The number of hydrogen-bond donors (Lipinski definition) is 1. The van der Waals surface area contributed by atoms with E-state index in [1.165, 1.54) is 0 Å². The van der Waals surface area contributed by atoms with Crippen LogP contribution in [0.25, 0.3) is 11.5 Å². The van der Waals surface area contributed by atoms with Crippen molar-refractivity contribution < 1.29 is 17.7 Å². The Balaban J connectivity index is 2.04. The second-order valence-electron chi connectivity index (χ2n) is 4.68. The summed E-state index contributed by atoms with van der Waals surface area (Å²) in [6.45, 7) is 0. The average Bonchev–Trinajstić information content (AvgIpc) is 2.74. The van der Waals surface area contributed by atoms with E-state index in [-0.39, 0.29) is 11.7 Å². The molecule has 1 aromatic heterocycles. The minimum Gasteiger partial charge on any atom is -0.334 e. The molecule has 2 N–H and O–H groups in total. The molecule has 1 saturated carbocycles. The van der Waals surface area contributed by atoms with Crippen molar-refractivity contribution in [1.82, 2.24) is 10.1 Å². The second kappa shape index (κ2) is 4.06. The molecular formula is C12H10F3N3O. The Morgan fingerprint density at radius 1 is 1.16 bits per heavy atom. The van der Waals surface area contributed by atoms with E-state index < -0.39 is 28.6 Å². The lowest BCUT2D eigenvalue weighted by molar-refractivity contribution is 0.229. The van der Waals surface area contributed by atoms with Gasteiger partial charge in [0.05, 0.1) is 5.54 Å². The number of hydrogen-bond acceptors (Lipinski definition) is 4. The number of halogens is 3. The van der Waals surface area contributed by atoms with Crippen LogP contribution >= 0.6 is 0 Å². The maximum atomic E-state index is 13.6. The van der Waals surface area contributed by atoms with Crippen LogP contribution in [0.3, 0.4) is 0 Å². The largest absolute Gasteiger partial charge is 0.334 e. The average molecular weight is 269 g/mol. The lowest BCUT2D eigenvalue weighted by Crippen LogP contribution is -2.44. The highest BCUT2D eigenvalue weighted by atomic mass is 19.1. The van der Waals surface area contributed by atoms with Crippen LogP contribution in [0, 0.1) is 17.5 Å². The standard InChI is InChI=1S/C12H10F3N3O/c13-6-4-7(14)9(8(15)5-6)10-17-11(18-19-10)12(16)2-1-3-12/h4-5H,1-3,16H2. The summed E-state index contributed by atoms with van der Waals surface area (Å²) in [5.74, 6) is -3.30. The molecule has 2 aromatic rings. The van der Waals surface area contributed by atoms with Gasteiger partial charge in [-0.3, -0.25) is 0 Å². The summed E-state index contributed by atoms with van der Waals surface area (Å²) >= 11 is 0. The molecule has 1 fully saturated rings. The third-order valence-corrected chi connectivity index (χ3v) is 3.34. The Morgan fingerprint density at radius 2 is 1.79 bits per heavy atom. The first-order chi connectivity index (χ1) is 8.99. The maximum absolute atomic E-state index is 13.6. The molecule has 0 spiro atoms. The fraction of sp³-hybridized carbons (Fsp3) is 0.333. The van der Waals surface area contributed by atoms with Gasteiger partial charge in [-0.1, -0.05) is 5.16 Å². The summed E-state index contributed by atoms with van der Waals surface area (Å²) in [6.07, 6.45) is 2.33. The van der Waals surface area contributed by atoms with Crippen molar-refractivity contribution in [2.75, 3.05) is 0 Å². The zero-order valence-corrected chi connectivity index (χ0v) is 9.79. The fourth-order valence-electron chi connectivity index (χ4n) is 2.06. The first-order valence-electron chi connectivity index (χ1n) is 5.77. The van der Waals surface area contributed by atoms with Gasteiger partial charge in [-0.25, -0.2) is 13.2 Å². The molecule has 1 aliphatic carbocycles. The molecule has 0 aliphatic heterocycles. The van der Waals surface area contributed by atoms with E-state index in [4.69, 9.17) is 10.3 Å². The van der Waals surface area contributed by atoms with E-state index in [1.807, 2.05) is 0 Å². The number of benzene rings is 1. The molecule has 19 heavy (non-hydrogen) atoms. The number of nitrogens with zero attached hydrogens (tertiary/aromatic N) is 2. The van der Waals surface area contributed by atoms with Crippen LogP contribution in [0.1, 0.15) is 25.1 Å². The van der Waals surface area contributed by atoms with Gasteiger partial charge in [0.25, 0.3) is 5.89 Å². The Morgan fingerprint density at radius 3 is 2.32 bits per heavy atom. The number of nitrogens with two attached hydrogens (primary N) is 1. The maximum Gasteiger partial charge on any atom is 0.263 e. The molecule has 0 radical (unpaired) electrons. The SMILES string of the molecule is NC1(c2noc(-c3c(F)cc(F)cc3F)n2)CCC1. The van der Waals surface area contributed by atoms with Crippen LogP contribution in [0.4, 0.5) is 13.2 Å². The molecule has 4 nitrogen and oxygen atoms in total. The lowest BCUT2D eigenvalue weighted by atomic mass is 9.77. The van der Waals surface area contributed by atoms with Crippen molar-refractivity contribution in [2.24, 2.45) is 5.73 Å². The minimum atomic E-state index is -1.09. The van der Waals surface area contributed by atoms with E-state index in [2.05, 4.69) is 10.1 Å². The van der Waals surface area contributed by atoms with E-state index in [1.54, 1.807) is 0 Å². The molecule has 7 heteroatoms. The highest BCUT2D eigenvalue weighted by Gasteiger charge is 2.39. The van der Waals surface area contributed by atoms with E-state index in [9.17, 15) is 13.2 Å². The monoisotopic (exact) mass is 269 g/mol. The Kier molecular flexibility index (Phi) is 2.60. The van der Waals surface area contributed by atoms with Crippen molar-refractivity contribution in [2.45, 2.75) is 24.8 Å². The van der Waals surface area contributed by atoms with E-state index >= 15 is 0 Å². The summed E-state index contributed by atoms with van der Waals surface area (Å²) in [5.41, 5.74) is 4.76. The van der Waals surface area contributed by atoms with Crippen LogP contribution in [-0.4, -0.2) is 10.1 Å². The third-order valence-electron chi connectivity index (χ3n) is 3.34. The molecule has 0 amide bonds. The second-order valence-corrected chi connectivity index (χ2v) is 4.68. The van der Waals surface area contributed by atoms with E-state index in [0.29, 0.717) is 25.0 Å². The lowest BCUT2D eigenvalue weighted by Gasteiger charge is -2.34. The molecule has 1 aromatic carbocycles. The van der Waals surface area contributed by atoms with Crippen LogP contribution in [0.2, 0.25) is 0 Å². The Hall–Kier alpha value is -1.89. The van der Waals surface area contributed by atoms with Crippen molar-refractivity contribution >= 4 is 0 Å². The smallest absolute Gasteiger partial charge is 0.263 e. The summed E-state index contributed by atoms with van der Waals surface area (Å²) < 4.78 is 44.8. The van der Waals surface area contributed by atoms with Gasteiger partial charge < -0.3 is 10.3 Å². The third kappa shape index (κ3) is 1.90. The van der Waals surface area contributed by atoms with Gasteiger partial charge in [0.2, 0.25) is 0 Å². The van der Waals surface area contributed by atoms with Crippen LogP contribution in [-0.2, 0) is 5.54 Å². The van der Waals surface area contributed by atoms with Gasteiger partial charge in [-0.2, -0.15) is 4.98 Å². The Labute approximate surface area is 106 Å². The van der Waals surface area contributed by atoms with Gasteiger partial charge in [-0.05, 0) is 19.3 Å².